The molecule has 0 aromatic rings. The molecule has 0 radical (unpaired) electrons. The van der Waals surface area contributed by atoms with Crippen molar-refractivity contribution < 1.29 is 19.7 Å². The van der Waals surface area contributed by atoms with E-state index in [4.69, 9.17) is 0 Å². The van der Waals surface area contributed by atoms with E-state index in [0.29, 0.717) is 0 Å². The SMILES string of the molecule is O=[N+]([O-])C12C3C4C1C1([N+](=O)[O-])C4([N+](=O)[O-])C3C21[N+](=O)[O-]. The molecule has 6 rings (SSSR count). The first kappa shape index (κ1) is 10.4. The van der Waals surface area contributed by atoms with Gasteiger partial charge in [-0.15, -0.1) is 0 Å². The molecule has 0 aromatic heterocycles. The lowest BCUT2D eigenvalue weighted by atomic mass is 8.91. The Morgan fingerprint density at radius 2 is 0.900 bits per heavy atom. The third kappa shape index (κ3) is 0.356. The van der Waals surface area contributed by atoms with Crippen molar-refractivity contribution in [1.29, 1.82) is 0 Å². The van der Waals surface area contributed by atoms with Gasteiger partial charge in [-0.25, -0.2) is 0 Å². The summed E-state index contributed by atoms with van der Waals surface area (Å²) in [5.41, 5.74) is -8.61. The lowest BCUT2D eigenvalue weighted by Crippen LogP contribution is -3.33. The van der Waals surface area contributed by atoms with Gasteiger partial charge in [-0.05, 0) is 0 Å². The van der Waals surface area contributed by atoms with Gasteiger partial charge < -0.3 is 0 Å². The summed E-state index contributed by atoms with van der Waals surface area (Å²) in [7, 11) is 0. The predicted octanol–water partition coefficient (Wildman–Crippen LogP) is -1.42. The fourth-order valence-corrected chi connectivity index (χ4v) is 7.12. The molecular weight excluding hydrogens is 280 g/mol. The molecule has 6 aliphatic carbocycles. The standard InChI is InChI=1S/C8H4N4O8/c13-9(14)5-1-2-4(5)8(12(19)20)6(2,10(15)16)3(1)7(5,8)11(17)18/h1-4H. The highest BCUT2D eigenvalue weighted by Crippen LogP contribution is 3.08. The molecule has 0 N–H and O–H groups in total. The summed E-state index contributed by atoms with van der Waals surface area (Å²) < 4.78 is 0. The Bertz CT molecular complexity index is 663. The molecule has 12 nitrogen and oxygen atoms in total. The monoisotopic (exact) mass is 284 g/mol. The second-order valence-electron chi connectivity index (χ2n) is 6.22. The van der Waals surface area contributed by atoms with E-state index in [0.717, 1.165) is 0 Å². The second-order valence-corrected chi connectivity index (χ2v) is 6.22. The van der Waals surface area contributed by atoms with Gasteiger partial charge in [0, 0.05) is 19.7 Å². The van der Waals surface area contributed by atoms with Crippen molar-refractivity contribution in [2.75, 3.05) is 0 Å². The molecule has 0 heterocycles. The van der Waals surface area contributed by atoms with Crippen molar-refractivity contribution in [2.45, 2.75) is 22.2 Å². The van der Waals surface area contributed by atoms with Crippen LogP contribution >= 0.6 is 0 Å². The van der Waals surface area contributed by atoms with Crippen LogP contribution in [0.4, 0.5) is 0 Å². The van der Waals surface area contributed by atoms with Gasteiger partial charge in [0.25, 0.3) is 0 Å². The van der Waals surface area contributed by atoms with Gasteiger partial charge in [-0.3, -0.25) is 40.5 Å². The molecule has 0 aliphatic heterocycles. The minimum Gasteiger partial charge on any atom is -0.264 e. The maximum absolute atomic E-state index is 11.3. The van der Waals surface area contributed by atoms with Crippen LogP contribution in [0.1, 0.15) is 0 Å². The molecule has 0 spiro atoms. The Kier molecular flexibility index (Phi) is 1.01. The molecule has 0 bridgehead atoms. The molecule has 20 heavy (non-hydrogen) atoms. The first-order valence-electron chi connectivity index (χ1n) is 5.84. The Morgan fingerprint density at radius 1 is 0.600 bits per heavy atom. The molecule has 6 fully saturated rings. The van der Waals surface area contributed by atoms with Crippen LogP contribution in [0.5, 0.6) is 0 Å². The van der Waals surface area contributed by atoms with E-state index in [-0.39, 0.29) is 0 Å². The summed E-state index contributed by atoms with van der Waals surface area (Å²) in [6, 6.07) is 0. The summed E-state index contributed by atoms with van der Waals surface area (Å²) in [5, 5.41) is 45.2. The van der Waals surface area contributed by atoms with Crippen LogP contribution in [0.3, 0.4) is 0 Å². The van der Waals surface area contributed by atoms with Gasteiger partial charge in [0.15, 0.2) is 0 Å². The van der Waals surface area contributed by atoms with E-state index >= 15 is 0 Å². The maximum atomic E-state index is 11.3. The second kappa shape index (κ2) is 1.94. The molecule has 0 aromatic carbocycles. The zero-order chi connectivity index (χ0) is 14.6. The number of hydrogen-bond acceptors (Lipinski definition) is 8. The lowest BCUT2D eigenvalue weighted by molar-refractivity contribution is -1.01. The first-order chi connectivity index (χ1) is 9.26. The van der Waals surface area contributed by atoms with Gasteiger partial charge in [0.05, 0.1) is 11.8 Å². The van der Waals surface area contributed by atoms with Crippen LogP contribution in [0.15, 0.2) is 0 Å². The van der Waals surface area contributed by atoms with Gasteiger partial charge in [-0.2, -0.15) is 0 Å². The molecule has 0 saturated heterocycles. The van der Waals surface area contributed by atoms with E-state index < -0.39 is 65.5 Å². The average Bonchev–Trinajstić information content (AvgIpc) is 2.35. The number of nitrogens with zero attached hydrogens (tertiary/aromatic N) is 4. The van der Waals surface area contributed by atoms with E-state index in [9.17, 15) is 40.5 Å². The van der Waals surface area contributed by atoms with Crippen LogP contribution in [-0.2, 0) is 0 Å². The van der Waals surface area contributed by atoms with E-state index in [1.165, 1.54) is 0 Å². The zero-order valence-corrected chi connectivity index (χ0v) is 9.36. The molecule has 104 valence electrons. The topological polar surface area (TPSA) is 173 Å². The van der Waals surface area contributed by atoms with Crippen molar-refractivity contribution in [3.05, 3.63) is 40.5 Å². The molecule has 8 unspecified atom stereocenters. The van der Waals surface area contributed by atoms with Crippen LogP contribution < -0.4 is 0 Å². The summed E-state index contributed by atoms with van der Waals surface area (Å²) in [4.78, 5) is 41.6. The summed E-state index contributed by atoms with van der Waals surface area (Å²) in [5.74, 6) is -3.79. The van der Waals surface area contributed by atoms with Crippen LogP contribution in [0, 0.1) is 64.1 Å². The average molecular weight is 284 g/mol. The number of rotatable bonds is 4. The quantitative estimate of drug-likeness (QED) is 0.446. The predicted molar refractivity (Wildman–Crippen MR) is 52.9 cm³/mol. The summed E-state index contributed by atoms with van der Waals surface area (Å²) >= 11 is 0. The van der Waals surface area contributed by atoms with Crippen LogP contribution in [-0.4, -0.2) is 41.8 Å². The van der Waals surface area contributed by atoms with Crippen molar-refractivity contribution >= 4 is 0 Å². The lowest BCUT2D eigenvalue weighted by Gasteiger charge is -2.98. The molecular formula is C8H4N4O8. The highest BCUT2D eigenvalue weighted by molar-refractivity contribution is 5.72. The fourth-order valence-electron chi connectivity index (χ4n) is 7.12. The van der Waals surface area contributed by atoms with E-state index in [1.54, 1.807) is 0 Å². The van der Waals surface area contributed by atoms with Crippen LogP contribution in [0.25, 0.3) is 0 Å². The normalized spacial score (nSPS) is 64.4. The Labute approximate surface area is 107 Å². The van der Waals surface area contributed by atoms with Crippen LogP contribution in [0.2, 0.25) is 0 Å². The summed E-state index contributed by atoms with van der Waals surface area (Å²) in [6.45, 7) is 0. The highest BCUT2D eigenvalue weighted by atomic mass is 16.7. The Hall–Kier alpha value is -2.40. The number of nitro groups is 4. The maximum Gasteiger partial charge on any atom is 0.377 e. The first-order valence-corrected chi connectivity index (χ1v) is 5.84. The molecule has 6 aliphatic rings. The van der Waals surface area contributed by atoms with Crippen molar-refractivity contribution in [1.82, 2.24) is 0 Å². The third-order valence-electron chi connectivity index (χ3n) is 6.95. The number of hydrogen-bond donors (Lipinski definition) is 0. The molecule has 0 amide bonds. The molecule has 8 atom stereocenters. The third-order valence-corrected chi connectivity index (χ3v) is 6.95. The largest absolute Gasteiger partial charge is 0.377 e. The Balaban J connectivity index is 1.81. The Morgan fingerprint density at radius 3 is 1.10 bits per heavy atom. The van der Waals surface area contributed by atoms with E-state index in [2.05, 4.69) is 0 Å². The highest BCUT2D eigenvalue weighted by Gasteiger charge is 3.43. The van der Waals surface area contributed by atoms with Gasteiger partial charge in [0.1, 0.15) is 11.8 Å². The van der Waals surface area contributed by atoms with Crippen molar-refractivity contribution in [3.63, 3.8) is 0 Å². The minimum atomic E-state index is -2.37. The van der Waals surface area contributed by atoms with Crippen molar-refractivity contribution in [3.8, 4) is 0 Å². The summed E-state index contributed by atoms with van der Waals surface area (Å²) in [6.07, 6.45) is 0. The van der Waals surface area contributed by atoms with Gasteiger partial charge >= 0.3 is 22.2 Å². The minimum absolute atomic E-state index is 0.736. The zero-order valence-electron chi connectivity index (χ0n) is 9.36. The van der Waals surface area contributed by atoms with Crippen molar-refractivity contribution in [2.24, 2.45) is 23.7 Å². The van der Waals surface area contributed by atoms with Gasteiger partial charge in [0.2, 0.25) is 0 Å². The molecule has 6 saturated carbocycles. The fraction of sp³-hybridized carbons (Fsp3) is 1.00. The van der Waals surface area contributed by atoms with Gasteiger partial charge in [-0.1, -0.05) is 0 Å². The molecule has 12 heteroatoms. The van der Waals surface area contributed by atoms with E-state index in [1.807, 2.05) is 0 Å². The smallest absolute Gasteiger partial charge is 0.264 e.